The van der Waals surface area contributed by atoms with Gasteiger partial charge in [-0.05, 0) is 37.9 Å². The Labute approximate surface area is 144 Å². The summed E-state index contributed by atoms with van der Waals surface area (Å²) in [4.78, 5) is 22.7. The number of rotatable bonds is 5. The van der Waals surface area contributed by atoms with E-state index in [4.69, 9.17) is 0 Å². The second-order valence-electron chi connectivity index (χ2n) is 6.26. The molecule has 0 saturated carbocycles. The van der Waals surface area contributed by atoms with Gasteiger partial charge in [-0.1, -0.05) is 6.07 Å². The van der Waals surface area contributed by atoms with Gasteiger partial charge in [0.15, 0.2) is 0 Å². The van der Waals surface area contributed by atoms with Crippen molar-refractivity contribution in [1.29, 1.82) is 0 Å². The molecule has 1 amide bonds. The highest BCUT2D eigenvalue weighted by Crippen LogP contribution is 2.22. The van der Waals surface area contributed by atoms with Crippen molar-refractivity contribution in [1.82, 2.24) is 19.4 Å². The Morgan fingerprint density at radius 3 is 3.00 bits per heavy atom. The molecule has 0 radical (unpaired) electrons. The van der Waals surface area contributed by atoms with E-state index >= 15 is 0 Å². The van der Waals surface area contributed by atoms with Crippen molar-refractivity contribution in [2.24, 2.45) is 5.92 Å². The van der Waals surface area contributed by atoms with E-state index in [0.29, 0.717) is 24.7 Å². The third-order valence-electron chi connectivity index (χ3n) is 4.45. The Morgan fingerprint density at radius 1 is 1.40 bits per heavy atom. The topological polar surface area (TPSA) is 63.1 Å². The molecule has 134 valence electrons. The Hall–Kier alpha value is -2.35. The second kappa shape index (κ2) is 7.69. The number of carbonyl (C=O) groups excluding carboxylic acids is 1. The smallest absolute Gasteiger partial charge is 0.310 e. The number of anilines is 1. The third-order valence-corrected chi connectivity index (χ3v) is 4.45. The minimum Gasteiger partial charge on any atom is -0.310 e. The molecule has 0 bridgehead atoms. The molecule has 0 spiro atoms. The van der Waals surface area contributed by atoms with E-state index in [2.05, 4.69) is 15.3 Å². The normalized spacial score (nSPS) is 18.5. The summed E-state index contributed by atoms with van der Waals surface area (Å²) in [7, 11) is 0. The molecule has 1 N–H and O–H groups in total. The van der Waals surface area contributed by atoms with Crippen molar-refractivity contribution >= 4 is 11.7 Å². The SMILES string of the molecule is Cc1cccnc1NC(=O)[C@H]1CCCN(Cc2nccn2C(F)F)C1. The monoisotopic (exact) mass is 349 g/mol. The number of halogens is 2. The number of hydrogen-bond acceptors (Lipinski definition) is 4. The Kier molecular flexibility index (Phi) is 5.37. The number of piperidine rings is 1. The van der Waals surface area contributed by atoms with Gasteiger partial charge in [0.2, 0.25) is 5.91 Å². The van der Waals surface area contributed by atoms with Gasteiger partial charge in [0.05, 0.1) is 12.5 Å². The number of amides is 1. The van der Waals surface area contributed by atoms with Crippen LogP contribution in [0.5, 0.6) is 0 Å². The first-order chi connectivity index (χ1) is 12.0. The molecule has 1 aliphatic rings. The van der Waals surface area contributed by atoms with Crippen LogP contribution in [0.1, 0.15) is 30.8 Å². The van der Waals surface area contributed by atoms with Crippen molar-refractivity contribution in [3.8, 4) is 0 Å². The molecule has 25 heavy (non-hydrogen) atoms. The number of imidazole rings is 1. The molecule has 3 rings (SSSR count). The van der Waals surface area contributed by atoms with Gasteiger partial charge in [0, 0.05) is 25.1 Å². The zero-order valence-corrected chi connectivity index (χ0v) is 14.0. The highest BCUT2D eigenvalue weighted by molar-refractivity contribution is 5.92. The molecule has 0 aromatic carbocycles. The first kappa shape index (κ1) is 17.5. The Bertz CT molecular complexity index is 733. The molecular formula is C17H21F2N5O. The summed E-state index contributed by atoms with van der Waals surface area (Å²) < 4.78 is 26.7. The maximum atomic E-state index is 12.9. The molecule has 8 heteroatoms. The first-order valence-corrected chi connectivity index (χ1v) is 8.29. The molecule has 0 unspecified atom stereocenters. The fourth-order valence-corrected chi connectivity index (χ4v) is 3.09. The van der Waals surface area contributed by atoms with Gasteiger partial charge in [0.25, 0.3) is 0 Å². The van der Waals surface area contributed by atoms with Crippen LogP contribution >= 0.6 is 0 Å². The Morgan fingerprint density at radius 2 is 2.24 bits per heavy atom. The summed E-state index contributed by atoms with van der Waals surface area (Å²) in [6, 6.07) is 3.71. The van der Waals surface area contributed by atoms with Gasteiger partial charge >= 0.3 is 6.55 Å². The van der Waals surface area contributed by atoms with Crippen molar-refractivity contribution in [3.63, 3.8) is 0 Å². The fraction of sp³-hybridized carbons (Fsp3) is 0.471. The molecule has 1 aliphatic heterocycles. The van der Waals surface area contributed by atoms with Crippen LogP contribution in [0.4, 0.5) is 14.6 Å². The zero-order chi connectivity index (χ0) is 17.8. The van der Waals surface area contributed by atoms with Crippen molar-refractivity contribution < 1.29 is 13.6 Å². The average molecular weight is 349 g/mol. The molecule has 2 aromatic rings. The molecule has 1 atom stereocenters. The van der Waals surface area contributed by atoms with E-state index in [9.17, 15) is 13.6 Å². The minimum absolute atomic E-state index is 0.0799. The number of hydrogen-bond donors (Lipinski definition) is 1. The van der Waals surface area contributed by atoms with Gasteiger partial charge < -0.3 is 5.32 Å². The summed E-state index contributed by atoms with van der Waals surface area (Å²) in [5, 5.41) is 2.87. The van der Waals surface area contributed by atoms with Crippen molar-refractivity contribution in [2.75, 3.05) is 18.4 Å². The molecule has 2 aromatic heterocycles. The molecule has 0 aliphatic carbocycles. The van der Waals surface area contributed by atoms with E-state index in [1.807, 2.05) is 24.0 Å². The zero-order valence-electron chi connectivity index (χ0n) is 14.0. The average Bonchev–Trinajstić information content (AvgIpc) is 3.05. The third kappa shape index (κ3) is 4.19. The van der Waals surface area contributed by atoms with E-state index in [1.54, 1.807) is 6.20 Å². The predicted octanol–water partition coefficient (Wildman–Crippen LogP) is 2.83. The molecular weight excluding hydrogens is 328 g/mol. The number of aryl methyl sites for hydroxylation is 1. The molecule has 3 heterocycles. The number of alkyl halides is 2. The van der Waals surface area contributed by atoms with E-state index in [-0.39, 0.29) is 11.8 Å². The van der Waals surface area contributed by atoms with E-state index < -0.39 is 6.55 Å². The summed E-state index contributed by atoms with van der Waals surface area (Å²) in [5.74, 6) is 0.614. The van der Waals surface area contributed by atoms with E-state index in [1.165, 1.54) is 12.4 Å². The van der Waals surface area contributed by atoms with Gasteiger partial charge in [-0.3, -0.25) is 14.3 Å². The van der Waals surface area contributed by atoms with Crippen LogP contribution in [0.2, 0.25) is 0 Å². The van der Waals surface area contributed by atoms with Gasteiger partial charge in [-0.25, -0.2) is 9.97 Å². The second-order valence-corrected chi connectivity index (χ2v) is 6.26. The number of pyridine rings is 1. The minimum atomic E-state index is -2.60. The number of aromatic nitrogens is 3. The first-order valence-electron chi connectivity index (χ1n) is 8.29. The lowest BCUT2D eigenvalue weighted by Gasteiger charge is -2.31. The largest absolute Gasteiger partial charge is 0.319 e. The summed E-state index contributed by atoms with van der Waals surface area (Å²) >= 11 is 0. The van der Waals surface area contributed by atoms with Gasteiger partial charge in [-0.2, -0.15) is 8.78 Å². The van der Waals surface area contributed by atoms with Crippen LogP contribution in [-0.2, 0) is 11.3 Å². The lowest BCUT2D eigenvalue weighted by atomic mass is 9.97. The van der Waals surface area contributed by atoms with Crippen LogP contribution in [0, 0.1) is 12.8 Å². The van der Waals surface area contributed by atoms with Gasteiger partial charge in [0.1, 0.15) is 11.6 Å². The van der Waals surface area contributed by atoms with Crippen molar-refractivity contribution in [2.45, 2.75) is 32.9 Å². The van der Waals surface area contributed by atoms with Crippen LogP contribution in [-0.4, -0.2) is 38.4 Å². The lowest BCUT2D eigenvalue weighted by molar-refractivity contribution is -0.121. The lowest BCUT2D eigenvalue weighted by Crippen LogP contribution is -2.40. The fourth-order valence-electron chi connectivity index (χ4n) is 3.09. The highest BCUT2D eigenvalue weighted by atomic mass is 19.3. The highest BCUT2D eigenvalue weighted by Gasteiger charge is 2.27. The van der Waals surface area contributed by atoms with Crippen LogP contribution in [0.3, 0.4) is 0 Å². The quantitative estimate of drug-likeness (QED) is 0.902. The Balaban J connectivity index is 1.62. The number of nitrogens with one attached hydrogen (secondary N) is 1. The molecule has 6 nitrogen and oxygen atoms in total. The number of likely N-dealkylation sites (tertiary alicyclic amines) is 1. The standard InChI is InChI=1S/C17H21F2N5O/c1-12-4-2-6-21-15(12)22-16(25)13-5-3-8-23(10-13)11-14-20-7-9-24(14)17(18)19/h2,4,6-7,9,13,17H,3,5,8,10-11H2,1H3,(H,21,22,25)/t13-/m0/s1. The number of carbonyl (C=O) groups is 1. The van der Waals surface area contributed by atoms with Crippen LogP contribution in [0.15, 0.2) is 30.7 Å². The van der Waals surface area contributed by atoms with Crippen LogP contribution < -0.4 is 5.32 Å². The summed E-state index contributed by atoms with van der Waals surface area (Å²) in [5.41, 5.74) is 0.905. The van der Waals surface area contributed by atoms with Crippen molar-refractivity contribution in [3.05, 3.63) is 42.1 Å². The molecule has 1 fully saturated rings. The maximum absolute atomic E-state index is 12.9. The number of nitrogens with zero attached hydrogens (tertiary/aromatic N) is 4. The summed E-state index contributed by atoms with van der Waals surface area (Å²) in [6.07, 6.45) is 5.91. The maximum Gasteiger partial charge on any atom is 0.319 e. The van der Waals surface area contributed by atoms with E-state index in [0.717, 1.165) is 29.5 Å². The van der Waals surface area contributed by atoms with Crippen LogP contribution in [0.25, 0.3) is 0 Å². The summed E-state index contributed by atoms with van der Waals surface area (Å²) in [6.45, 7) is 0.883. The molecule has 1 saturated heterocycles. The van der Waals surface area contributed by atoms with Gasteiger partial charge in [-0.15, -0.1) is 0 Å². The predicted molar refractivity (Wildman–Crippen MR) is 89.1 cm³/mol.